The van der Waals surface area contributed by atoms with E-state index in [9.17, 15) is 14.4 Å². The monoisotopic (exact) mass is 461 g/mol. The molecule has 16 heteroatoms. The van der Waals surface area contributed by atoms with Gasteiger partial charge in [-0.25, -0.2) is 4.98 Å². The number of nitrogens with zero attached hydrogens (tertiary/aromatic N) is 6. The van der Waals surface area contributed by atoms with Crippen molar-refractivity contribution in [2.75, 3.05) is 32.0 Å². The smallest absolute Gasteiger partial charge is 0.276 e. The summed E-state index contributed by atoms with van der Waals surface area (Å²) < 4.78 is 1.58. The third-order valence-corrected chi connectivity index (χ3v) is 5.57. The van der Waals surface area contributed by atoms with Gasteiger partial charge in [-0.3, -0.25) is 19.4 Å². The molecule has 13 nitrogen and oxygen atoms in total. The lowest BCUT2D eigenvalue weighted by Gasteiger charge is -2.37. The quantitative estimate of drug-likeness (QED) is 0.157. The fourth-order valence-corrected chi connectivity index (χ4v) is 4.04. The summed E-state index contributed by atoms with van der Waals surface area (Å²) >= 11 is 7.76. The van der Waals surface area contributed by atoms with Crippen molar-refractivity contribution in [1.82, 2.24) is 25.0 Å². The number of β-lactam (4-membered cyclic amide) rings is 1. The van der Waals surface area contributed by atoms with E-state index in [1.54, 1.807) is 16.5 Å². The van der Waals surface area contributed by atoms with Crippen LogP contribution < -0.4 is 16.0 Å². The summed E-state index contributed by atoms with van der Waals surface area (Å²) in [4.78, 5) is 44.8. The molecular weight excluding hydrogens is 446 g/mol. The van der Waals surface area contributed by atoms with Crippen molar-refractivity contribution in [3.05, 3.63) is 11.1 Å². The number of nitrogens with one attached hydrogen (secondary N) is 3. The second-order valence-corrected chi connectivity index (χ2v) is 7.92. The number of hydrogen-bond acceptors (Lipinski definition) is 12. The highest BCUT2D eigenvalue weighted by Gasteiger charge is 2.43. The van der Waals surface area contributed by atoms with Crippen LogP contribution in [0.15, 0.2) is 21.0 Å². The Labute approximate surface area is 177 Å². The molecule has 2 aliphatic heterocycles. The topological polar surface area (TPSA) is 153 Å². The molecule has 3 amide bonds. The van der Waals surface area contributed by atoms with Gasteiger partial charge >= 0.3 is 0 Å². The van der Waals surface area contributed by atoms with Gasteiger partial charge in [0, 0.05) is 24.4 Å². The Hall–Kier alpha value is -2.65. The molecule has 1 fully saturated rings. The number of hydrogen-bond donors (Lipinski definition) is 3. The number of thiazole rings is 1. The van der Waals surface area contributed by atoms with E-state index in [1.807, 2.05) is 0 Å². The van der Waals surface area contributed by atoms with Crippen LogP contribution in [0.4, 0.5) is 5.13 Å². The zero-order valence-corrected chi connectivity index (χ0v) is 17.5. The maximum Gasteiger partial charge on any atom is 0.276 e. The molecule has 0 spiro atoms. The summed E-state index contributed by atoms with van der Waals surface area (Å²) in [7, 11) is 3.03. The van der Waals surface area contributed by atoms with Crippen LogP contribution in [-0.4, -0.2) is 76.0 Å². The molecule has 0 unspecified atom stereocenters. The van der Waals surface area contributed by atoms with Gasteiger partial charge in [0.05, 0.1) is 0 Å². The van der Waals surface area contributed by atoms with Gasteiger partial charge in [-0.05, 0) is 5.22 Å². The minimum atomic E-state index is -0.801. The van der Waals surface area contributed by atoms with Crippen LogP contribution in [0.1, 0.15) is 5.69 Å². The molecule has 3 heterocycles. The second kappa shape index (κ2) is 9.23. The molecular formula is C13H16ClN9O4S2. The normalized spacial score (nSPS) is 20.9. The average Bonchev–Trinajstić information content (AvgIpc) is 3.32. The molecule has 2 atom stereocenters. The van der Waals surface area contributed by atoms with E-state index < -0.39 is 23.2 Å². The lowest BCUT2D eigenvalue weighted by Crippen LogP contribution is -2.68. The van der Waals surface area contributed by atoms with Crippen LogP contribution in [0.5, 0.6) is 0 Å². The first kappa shape index (κ1) is 21.1. The van der Waals surface area contributed by atoms with Crippen molar-refractivity contribution < 1.29 is 19.2 Å². The predicted octanol–water partition coefficient (Wildman–Crippen LogP) is -0.253. The van der Waals surface area contributed by atoms with E-state index in [4.69, 9.17) is 16.4 Å². The maximum atomic E-state index is 12.7. The molecule has 0 saturated carbocycles. The van der Waals surface area contributed by atoms with E-state index in [0.717, 1.165) is 11.3 Å². The SMILES string of the molecule is CON=C(C(=O)N[C@@H]1C(=O)N[C@H]1SN1CN(C)N=N1)c1csc(NC(=O)CCl)n1. The largest absolute Gasteiger partial charge is 0.398 e. The number of carbonyl (C=O) groups is 3. The van der Waals surface area contributed by atoms with Crippen LogP contribution in [0, 0.1) is 0 Å². The lowest BCUT2D eigenvalue weighted by atomic mass is 10.1. The van der Waals surface area contributed by atoms with Crippen molar-refractivity contribution in [3.63, 3.8) is 0 Å². The van der Waals surface area contributed by atoms with Gasteiger partial charge in [0.15, 0.2) is 10.8 Å². The molecule has 1 aromatic rings. The Balaban J connectivity index is 1.65. The van der Waals surface area contributed by atoms with Gasteiger partial charge in [-0.1, -0.05) is 10.4 Å². The second-order valence-electron chi connectivity index (χ2n) is 5.66. The molecule has 0 aromatic carbocycles. The third-order valence-electron chi connectivity index (χ3n) is 3.52. The van der Waals surface area contributed by atoms with Crippen LogP contribution >= 0.6 is 34.9 Å². The Morgan fingerprint density at radius 1 is 1.52 bits per heavy atom. The number of rotatable bonds is 8. The molecule has 156 valence electrons. The average molecular weight is 462 g/mol. The van der Waals surface area contributed by atoms with Gasteiger partial charge in [0.2, 0.25) is 11.8 Å². The van der Waals surface area contributed by atoms with Crippen molar-refractivity contribution in [1.29, 1.82) is 0 Å². The molecule has 1 aromatic heterocycles. The first-order valence-corrected chi connectivity index (χ1v) is 10.3. The zero-order chi connectivity index (χ0) is 21.0. The minimum Gasteiger partial charge on any atom is -0.398 e. The highest BCUT2D eigenvalue weighted by Crippen LogP contribution is 2.27. The number of anilines is 1. The predicted molar refractivity (Wildman–Crippen MR) is 106 cm³/mol. The van der Waals surface area contributed by atoms with Crippen LogP contribution in [0.25, 0.3) is 0 Å². The minimum absolute atomic E-state index is 0.140. The number of alkyl halides is 1. The molecule has 2 aliphatic rings. The summed E-state index contributed by atoms with van der Waals surface area (Å²) in [6.45, 7) is 0.448. The van der Waals surface area contributed by atoms with Gasteiger partial charge in [0.25, 0.3) is 5.91 Å². The molecule has 0 radical (unpaired) electrons. The Bertz CT molecular complexity index is 863. The first-order valence-electron chi connectivity index (χ1n) is 8.02. The van der Waals surface area contributed by atoms with Gasteiger partial charge < -0.3 is 20.8 Å². The molecule has 0 aliphatic carbocycles. The van der Waals surface area contributed by atoms with Gasteiger partial charge in [-0.15, -0.1) is 22.9 Å². The number of carbonyl (C=O) groups excluding carboxylic acids is 3. The van der Waals surface area contributed by atoms with Crippen LogP contribution in [0.2, 0.25) is 0 Å². The van der Waals surface area contributed by atoms with E-state index in [-0.39, 0.29) is 28.3 Å². The van der Waals surface area contributed by atoms with Gasteiger partial charge in [-0.2, -0.15) is 4.41 Å². The van der Waals surface area contributed by atoms with E-state index in [0.29, 0.717) is 6.67 Å². The fraction of sp³-hybridized carbons (Fsp3) is 0.462. The lowest BCUT2D eigenvalue weighted by molar-refractivity contribution is -0.132. The molecule has 3 rings (SSSR count). The van der Waals surface area contributed by atoms with E-state index in [1.165, 1.54) is 24.4 Å². The van der Waals surface area contributed by atoms with Gasteiger partial charge in [0.1, 0.15) is 36.8 Å². The van der Waals surface area contributed by atoms with Crippen LogP contribution in [-0.2, 0) is 19.2 Å². The number of amides is 3. The summed E-state index contributed by atoms with van der Waals surface area (Å²) in [5.41, 5.74) is 0.0392. The number of halogens is 1. The van der Waals surface area contributed by atoms with E-state index >= 15 is 0 Å². The fourth-order valence-electron chi connectivity index (χ4n) is 2.21. The Kier molecular flexibility index (Phi) is 6.71. The highest BCUT2D eigenvalue weighted by molar-refractivity contribution is 7.97. The van der Waals surface area contributed by atoms with Crippen molar-refractivity contribution in [2.45, 2.75) is 11.4 Å². The van der Waals surface area contributed by atoms with E-state index in [2.05, 4.69) is 36.5 Å². The van der Waals surface area contributed by atoms with Crippen LogP contribution in [0.3, 0.4) is 0 Å². The van der Waals surface area contributed by atoms with Crippen molar-refractivity contribution in [2.24, 2.45) is 15.6 Å². The molecule has 0 bridgehead atoms. The number of oxime groups is 1. The summed E-state index contributed by atoms with van der Waals surface area (Å²) in [5, 5.41) is 22.2. The standard InChI is InChI=1S/C13H16ClN9O4S2/c1-22-5-23(21-20-22)29-12-9(11(26)18-12)17-10(25)8(19-27-2)6-4-28-13(15-6)16-7(24)3-14/h4,9,12H,3,5H2,1-2H3,(H,17,25)(H,18,26)(H,15,16,24)/t9-,12+/m1/s1. The molecule has 3 N–H and O–H groups in total. The summed E-state index contributed by atoms with van der Waals surface area (Å²) in [5.74, 6) is -1.65. The number of aromatic nitrogens is 1. The first-order chi connectivity index (χ1) is 13.9. The summed E-state index contributed by atoms with van der Waals surface area (Å²) in [6.07, 6.45) is 0. The van der Waals surface area contributed by atoms with Crippen molar-refractivity contribution >= 4 is 63.5 Å². The van der Waals surface area contributed by atoms with Crippen molar-refractivity contribution in [3.8, 4) is 0 Å². The molecule has 29 heavy (non-hydrogen) atoms. The highest BCUT2D eigenvalue weighted by atomic mass is 35.5. The Morgan fingerprint density at radius 2 is 2.31 bits per heavy atom. The molecule has 1 saturated heterocycles. The zero-order valence-electron chi connectivity index (χ0n) is 15.2. The maximum absolute atomic E-state index is 12.7. The Morgan fingerprint density at radius 3 is 2.93 bits per heavy atom. The third kappa shape index (κ3) is 5.04. The summed E-state index contributed by atoms with van der Waals surface area (Å²) in [6, 6.07) is -0.801.